The Morgan fingerprint density at radius 2 is 1.72 bits per heavy atom. The van der Waals surface area contributed by atoms with E-state index in [2.05, 4.69) is 5.10 Å². The van der Waals surface area contributed by atoms with Crippen molar-refractivity contribution in [2.24, 2.45) is 0 Å². The number of hydrogen-bond donors (Lipinski definition) is 2. The van der Waals surface area contributed by atoms with E-state index in [1.807, 2.05) is 32.4 Å². The van der Waals surface area contributed by atoms with Gasteiger partial charge in [-0.05, 0) is 53.6 Å². The van der Waals surface area contributed by atoms with Gasteiger partial charge in [-0.2, -0.15) is 13.5 Å². The van der Waals surface area contributed by atoms with E-state index < -0.39 is 22.0 Å². The zero-order chi connectivity index (χ0) is 21.9. The number of sulfonamides is 1. The first-order valence-corrected chi connectivity index (χ1v) is 11.0. The third-order valence-corrected chi connectivity index (χ3v) is 5.72. The normalized spacial score (nSPS) is 13.1. The van der Waals surface area contributed by atoms with Crippen molar-refractivity contribution in [3.05, 3.63) is 46.9 Å². The molecule has 1 aromatic carbocycles. The molecule has 0 saturated carbocycles. The Morgan fingerprint density at radius 1 is 1.17 bits per heavy atom. The molecule has 0 bridgehead atoms. The van der Waals surface area contributed by atoms with Crippen LogP contribution in [0.25, 0.3) is 0 Å². The van der Waals surface area contributed by atoms with Gasteiger partial charge in [0.15, 0.2) is 5.03 Å². The van der Waals surface area contributed by atoms with E-state index in [0.717, 1.165) is 0 Å². The Labute approximate surface area is 171 Å². The van der Waals surface area contributed by atoms with E-state index in [4.69, 9.17) is 0 Å². The van der Waals surface area contributed by atoms with Crippen LogP contribution in [-0.2, 0) is 27.8 Å². The van der Waals surface area contributed by atoms with Gasteiger partial charge in [-0.25, -0.2) is 9.11 Å². The van der Waals surface area contributed by atoms with Gasteiger partial charge in [0.25, 0.3) is 10.0 Å². The zero-order valence-corrected chi connectivity index (χ0v) is 18.1. The number of carbonyl (C=O) groups is 1. The summed E-state index contributed by atoms with van der Waals surface area (Å²) in [5, 5.41) is 13.0. The molecule has 1 atom stereocenters. The molecule has 0 spiro atoms. The van der Waals surface area contributed by atoms with Crippen LogP contribution in [0.3, 0.4) is 0 Å². The highest BCUT2D eigenvalue weighted by Gasteiger charge is 2.24. The molecular weight excluding hydrogens is 397 g/mol. The van der Waals surface area contributed by atoms with Crippen LogP contribution in [0.4, 0.5) is 4.39 Å². The fourth-order valence-corrected chi connectivity index (χ4v) is 4.10. The molecule has 0 aliphatic carbocycles. The first-order chi connectivity index (χ1) is 13.4. The Balaban J connectivity index is 2.27. The van der Waals surface area contributed by atoms with Gasteiger partial charge < -0.3 is 5.11 Å². The molecule has 1 amide bonds. The average Bonchev–Trinajstić information content (AvgIpc) is 3.03. The van der Waals surface area contributed by atoms with Gasteiger partial charge in [0, 0.05) is 6.20 Å². The molecule has 0 saturated heterocycles. The van der Waals surface area contributed by atoms with Gasteiger partial charge in [-0.3, -0.25) is 9.48 Å². The summed E-state index contributed by atoms with van der Waals surface area (Å²) in [6, 6.07) is 4.05. The van der Waals surface area contributed by atoms with Crippen molar-refractivity contribution in [2.75, 3.05) is 0 Å². The quantitative estimate of drug-likeness (QED) is 0.677. The Morgan fingerprint density at radius 3 is 2.21 bits per heavy atom. The molecule has 2 rings (SSSR count). The second kappa shape index (κ2) is 9.04. The predicted molar refractivity (Wildman–Crippen MR) is 108 cm³/mol. The van der Waals surface area contributed by atoms with Crippen molar-refractivity contribution < 1.29 is 22.7 Å². The van der Waals surface area contributed by atoms with Crippen LogP contribution in [0, 0.1) is 5.82 Å². The maximum Gasteiger partial charge on any atom is 0.283 e. The molecule has 0 radical (unpaired) electrons. The number of halogens is 1. The standard InChI is InChI=1S/C20H28FN3O4S/c1-12(2)16-8-15(21)9-17(13(3)4)18(16)10-19(26)23-29(27,28)20-6-7-24(22-20)11-14(5)25/h6-9,12-14,25H,10-11H2,1-5H3,(H,23,26)/t14-/m1/s1. The monoisotopic (exact) mass is 425 g/mol. The van der Waals surface area contributed by atoms with E-state index in [1.165, 1.54) is 29.1 Å². The minimum Gasteiger partial charge on any atom is -0.391 e. The number of benzene rings is 1. The molecule has 0 unspecified atom stereocenters. The predicted octanol–water partition coefficient (Wildman–Crippen LogP) is 2.70. The molecule has 29 heavy (non-hydrogen) atoms. The Bertz CT molecular complexity index is 952. The third kappa shape index (κ3) is 5.86. The molecule has 1 heterocycles. The summed E-state index contributed by atoms with van der Waals surface area (Å²) in [5.41, 5.74) is 2.01. The maximum absolute atomic E-state index is 14.0. The Kier molecular flexibility index (Phi) is 7.18. The minimum absolute atomic E-state index is 0.0289. The molecule has 2 N–H and O–H groups in total. The topological polar surface area (TPSA) is 101 Å². The van der Waals surface area contributed by atoms with Crippen molar-refractivity contribution in [1.29, 1.82) is 0 Å². The van der Waals surface area contributed by atoms with Crippen LogP contribution >= 0.6 is 0 Å². The van der Waals surface area contributed by atoms with Crippen LogP contribution in [0.1, 0.15) is 63.1 Å². The van der Waals surface area contributed by atoms with Crippen molar-refractivity contribution in [3.63, 3.8) is 0 Å². The van der Waals surface area contributed by atoms with E-state index in [1.54, 1.807) is 6.92 Å². The summed E-state index contributed by atoms with van der Waals surface area (Å²) in [4.78, 5) is 12.6. The molecule has 0 aliphatic rings. The SMILES string of the molecule is CC(C)c1cc(F)cc(C(C)C)c1CC(=O)NS(=O)(=O)c1ccn(C[C@@H](C)O)n1. The molecule has 0 fully saturated rings. The number of aliphatic hydroxyl groups excluding tert-OH is 1. The lowest BCUT2D eigenvalue weighted by atomic mass is 9.87. The van der Waals surface area contributed by atoms with E-state index in [0.29, 0.717) is 16.7 Å². The molecule has 2 aromatic rings. The summed E-state index contributed by atoms with van der Waals surface area (Å²) in [6.07, 6.45) is 0.538. The fraction of sp³-hybridized carbons (Fsp3) is 0.500. The van der Waals surface area contributed by atoms with E-state index in [-0.39, 0.29) is 35.6 Å². The fourth-order valence-electron chi connectivity index (χ4n) is 3.17. The number of hydrogen-bond acceptors (Lipinski definition) is 5. The van der Waals surface area contributed by atoms with Gasteiger partial charge in [0.1, 0.15) is 5.82 Å². The number of carbonyl (C=O) groups excluding carboxylic acids is 1. The number of aliphatic hydroxyl groups is 1. The number of amides is 1. The second-order valence-electron chi connectivity index (χ2n) is 7.80. The molecular formula is C20H28FN3O4S. The number of nitrogens with zero attached hydrogens (tertiary/aromatic N) is 2. The van der Waals surface area contributed by atoms with Crippen LogP contribution in [0.15, 0.2) is 29.4 Å². The molecule has 160 valence electrons. The van der Waals surface area contributed by atoms with Gasteiger partial charge in [-0.15, -0.1) is 0 Å². The zero-order valence-electron chi connectivity index (χ0n) is 17.3. The van der Waals surface area contributed by atoms with Crippen LogP contribution in [-0.4, -0.2) is 35.3 Å². The molecule has 1 aromatic heterocycles. The number of aromatic nitrogens is 2. The first-order valence-electron chi connectivity index (χ1n) is 9.50. The lowest BCUT2D eigenvalue weighted by Crippen LogP contribution is -2.33. The molecule has 0 aliphatic heterocycles. The van der Waals surface area contributed by atoms with Gasteiger partial charge >= 0.3 is 0 Å². The Hall–Kier alpha value is -2.26. The smallest absolute Gasteiger partial charge is 0.283 e. The summed E-state index contributed by atoms with van der Waals surface area (Å²) in [7, 11) is -4.16. The van der Waals surface area contributed by atoms with E-state index >= 15 is 0 Å². The summed E-state index contributed by atoms with van der Waals surface area (Å²) < 4.78 is 42.3. The van der Waals surface area contributed by atoms with Gasteiger partial charge in [0.2, 0.25) is 5.91 Å². The van der Waals surface area contributed by atoms with Crippen molar-refractivity contribution in [2.45, 2.75) is 70.6 Å². The lowest BCUT2D eigenvalue weighted by molar-refractivity contribution is -0.118. The van der Waals surface area contributed by atoms with Crippen molar-refractivity contribution >= 4 is 15.9 Å². The molecule has 7 nitrogen and oxygen atoms in total. The second-order valence-corrected chi connectivity index (χ2v) is 9.43. The lowest BCUT2D eigenvalue weighted by Gasteiger charge is -2.19. The highest BCUT2D eigenvalue weighted by atomic mass is 32.2. The highest BCUT2D eigenvalue weighted by molar-refractivity contribution is 7.90. The van der Waals surface area contributed by atoms with Gasteiger partial charge in [0.05, 0.1) is 19.1 Å². The van der Waals surface area contributed by atoms with Crippen molar-refractivity contribution in [1.82, 2.24) is 14.5 Å². The first kappa shape index (κ1) is 23.0. The van der Waals surface area contributed by atoms with Crippen LogP contribution in [0.5, 0.6) is 0 Å². The number of rotatable bonds is 8. The third-order valence-electron chi connectivity index (χ3n) is 4.46. The summed E-state index contributed by atoms with van der Waals surface area (Å²) in [6.45, 7) is 9.27. The number of nitrogens with one attached hydrogen (secondary N) is 1. The van der Waals surface area contributed by atoms with Crippen molar-refractivity contribution in [3.8, 4) is 0 Å². The largest absolute Gasteiger partial charge is 0.391 e. The van der Waals surface area contributed by atoms with Crippen LogP contribution < -0.4 is 4.72 Å². The van der Waals surface area contributed by atoms with Crippen LogP contribution in [0.2, 0.25) is 0 Å². The van der Waals surface area contributed by atoms with E-state index in [9.17, 15) is 22.7 Å². The molecule has 9 heteroatoms. The maximum atomic E-state index is 14.0. The summed E-state index contributed by atoms with van der Waals surface area (Å²) >= 11 is 0. The summed E-state index contributed by atoms with van der Waals surface area (Å²) in [5.74, 6) is -1.15. The highest BCUT2D eigenvalue weighted by Crippen LogP contribution is 2.29. The van der Waals surface area contributed by atoms with Gasteiger partial charge in [-0.1, -0.05) is 27.7 Å². The minimum atomic E-state index is -4.16. The average molecular weight is 426 g/mol.